The normalized spacial score (nSPS) is 13.5. The van der Waals surface area contributed by atoms with Crippen molar-refractivity contribution in [3.63, 3.8) is 0 Å². The van der Waals surface area contributed by atoms with Gasteiger partial charge in [0.15, 0.2) is 5.96 Å². The lowest BCUT2D eigenvalue weighted by molar-refractivity contribution is 0.458. The van der Waals surface area contributed by atoms with Crippen molar-refractivity contribution in [1.29, 1.82) is 0 Å². The second kappa shape index (κ2) is 9.42. The van der Waals surface area contributed by atoms with E-state index in [4.69, 9.17) is 5.73 Å². The van der Waals surface area contributed by atoms with Crippen molar-refractivity contribution < 1.29 is 0 Å². The molecule has 1 unspecified atom stereocenters. The van der Waals surface area contributed by atoms with Gasteiger partial charge in [0.25, 0.3) is 0 Å². The highest BCUT2D eigenvalue weighted by atomic mass is 15.3. The zero-order chi connectivity index (χ0) is 13.9. The van der Waals surface area contributed by atoms with Crippen LogP contribution in [0.4, 0.5) is 0 Å². The molecular weight excluding hydrogens is 238 g/mol. The molecule has 1 heterocycles. The fourth-order valence-corrected chi connectivity index (χ4v) is 1.86. The highest BCUT2D eigenvalue weighted by Crippen LogP contribution is 2.00. The van der Waals surface area contributed by atoms with Crippen LogP contribution in [-0.2, 0) is 6.54 Å². The predicted octanol–water partition coefficient (Wildman–Crippen LogP) is 2.00. The lowest BCUT2D eigenvalue weighted by atomic mass is 10.2. The molecule has 0 spiro atoms. The summed E-state index contributed by atoms with van der Waals surface area (Å²) in [5, 5.41) is 7.34. The van der Waals surface area contributed by atoms with E-state index >= 15 is 0 Å². The zero-order valence-electron chi connectivity index (χ0n) is 12.2. The summed E-state index contributed by atoms with van der Waals surface area (Å²) < 4.78 is 1.93. The Morgan fingerprint density at radius 1 is 1.42 bits per heavy atom. The van der Waals surface area contributed by atoms with Crippen LogP contribution in [0, 0.1) is 5.92 Å². The summed E-state index contributed by atoms with van der Waals surface area (Å²) >= 11 is 0. The summed E-state index contributed by atoms with van der Waals surface area (Å²) in [5.74, 6) is 0.990. The number of nitrogens with one attached hydrogen (secondary N) is 1. The Morgan fingerprint density at radius 2 is 2.26 bits per heavy atom. The van der Waals surface area contributed by atoms with Gasteiger partial charge in [-0.05, 0) is 18.4 Å². The molecule has 0 fully saturated rings. The third-order valence-corrected chi connectivity index (χ3v) is 2.97. The molecule has 1 rings (SSSR count). The van der Waals surface area contributed by atoms with Gasteiger partial charge < -0.3 is 11.1 Å². The van der Waals surface area contributed by atoms with Crippen molar-refractivity contribution in [3.8, 4) is 0 Å². The van der Waals surface area contributed by atoms with Gasteiger partial charge in [0.2, 0.25) is 0 Å². The number of guanidine groups is 1. The molecule has 108 valence electrons. The monoisotopic (exact) mass is 265 g/mol. The Morgan fingerprint density at radius 3 is 2.95 bits per heavy atom. The highest BCUT2D eigenvalue weighted by molar-refractivity contribution is 5.77. The summed E-state index contributed by atoms with van der Waals surface area (Å²) in [6.07, 6.45) is 8.73. The molecule has 0 aliphatic carbocycles. The molecule has 5 nitrogen and oxygen atoms in total. The number of aliphatic imine (C=N–C) groups is 1. The SMILES string of the molecule is CCCCCCNC(N)=NCC(C)Cn1cccn1. The number of nitrogens with two attached hydrogens (primary N) is 1. The number of hydrogen-bond acceptors (Lipinski definition) is 2. The Bertz CT molecular complexity index is 345. The minimum atomic E-state index is 0.431. The van der Waals surface area contributed by atoms with E-state index in [1.807, 2.05) is 16.9 Å². The standard InChI is InChI=1S/C14H27N5/c1-3-4-5-6-8-16-14(15)17-11-13(2)12-19-10-7-9-18-19/h7,9-10,13H,3-6,8,11-12H2,1-2H3,(H3,15,16,17). The first-order chi connectivity index (χ1) is 9.22. The maximum atomic E-state index is 5.83. The van der Waals surface area contributed by atoms with Gasteiger partial charge in [0.05, 0.1) is 0 Å². The topological polar surface area (TPSA) is 68.2 Å². The van der Waals surface area contributed by atoms with Crippen LogP contribution in [0.25, 0.3) is 0 Å². The van der Waals surface area contributed by atoms with Crippen molar-refractivity contribution in [2.75, 3.05) is 13.1 Å². The average Bonchev–Trinajstić information content (AvgIpc) is 2.89. The Balaban J connectivity index is 2.12. The number of nitrogens with zero attached hydrogens (tertiary/aromatic N) is 3. The van der Waals surface area contributed by atoms with E-state index in [0.717, 1.165) is 26.1 Å². The summed E-state index contributed by atoms with van der Waals surface area (Å²) in [6.45, 7) is 6.89. The first-order valence-electron chi connectivity index (χ1n) is 7.23. The molecule has 0 saturated carbocycles. The summed E-state index contributed by atoms with van der Waals surface area (Å²) in [6, 6.07) is 1.93. The smallest absolute Gasteiger partial charge is 0.188 e. The van der Waals surface area contributed by atoms with Gasteiger partial charge in [-0.1, -0.05) is 33.1 Å². The van der Waals surface area contributed by atoms with E-state index in [1.165, 1.54) is 19.3 Å². The molecule has 1 atom stereocenters. The van der Waals surface area contributed by atoms with E-state index in [1.54, 1.807) is 6.20 Å². The van der Waals surface area contributed by atoms with E-state index in [-0.39, 0.29) is 0 Å². The minimum absolute atomic E-state index is 0.431. The number of unbranched alkanes of at least 4 members (excludes halogenated alkanes) is 3. The van der Waals surface area contributed by atoms with Gasteiger partial charge in [-0.2, -0.15) is 5.10 Å². The lowest BCUT2D eigenvalue weighted by Crippen LogP contribution is -2.33. The molecule has 1 aromatic rings. The minimum Gasteiger partial charge on any atom is -0.370 e. The molecule has 0 bridgehead atoms. The summed E-state index contributed by atoms with van der Waals surface area (Å²) in [5.41, 5.74) is 5.83. The first kappa shape index (κ1) is 15.5. The largest absolute Gasteiger partial charge is 0.370 e. The van der Waals surface area contributed by atoms with Crippen molar-refractivity contribution in [3.05, 3.63) is 18.5 Å². The Labute approximate surface area is 116 Å². The lowest BCUT2D eigenvalue weighted by Gasteiger charge is -2.10. The maximum absolute atomic E-state index is 5.83. The molecule has 0 aliphatic heterocycles. The molecule has 5 heteroatoms. The number of rotatable bonds is 9. The predicted molar refractivity (Wildman–Crippen MR) is 80.0 cm³/mol. The second-order valence-corrected chi connectivity index (χ2v) is 5.05. The molecule has 0 radical (unpaired) electrons. The second-order valence-electron chi connectivity index (χ2n) is 5.05. The van der Waals surface area contributed by atoms with Gasteiger partial charge in [-0.15, -0.1) is 0 Å². The quantitative estimate of drug-likeness (QED) is 0.408. The Hall–Kier alpha value is -1.52. The molecule has 0 aromatic carbocycles. The van der Waals surface area contributed by atoms with Crippen LogP contribution in [0.5, 0.6) is 0 Å². The maximum Gasteiger partial charge on any atom is 0.188 e. The third kappa shape index (κ3) is 7.49. The third-order valence-electron chi connectivity index (χ3n) is 2.97. The molecule has 0 amide bonds. The molecule has 0 saturated heterocycles. The highest BCUT2D eigenvalue weighted by Gasteiger charge is 2.02. The number of hydrogen-bond donors (Lipinski definition) is 2. The van der Waals surface area contributed by atoms with Crippen LogP contribution in [0.15, 0.2) is 23.5 Å². The van der Waals surface area contributed by atoms with E-state index in [0.29, 0.717) is 11.9 Å². The van der Waals surface area contributed by atoms with Crippen LogP contribution in [0.1, 0.15) is 39.5 Å². The van der Waals surface area contributed by atoms with E-state index in [9.17, 15) is 0 Å². The molecule has 19 heavy (non-hydrogen) atoms. The van der Waals surface area contributed by atoms with Gasteiger partial charge >= 0.3 is 0 Å². The average molecular weight is 265 g/mol. The van der Waals surface area contributed by atoms with Gasteiger partial charge in [-0.3, -0.25) is 9.67 Å². The van der Waals surface area contributed by atoms with Crippen LogP contribution < -0.4 is 11.1 Å². The summed E-state index contributed by atoms with van der Waals surface area (Å²) in [4.78, 5) is 4.36. The fourth-order valence-electron chi connectivity index (χ4n) is 1.86. The van der Waals surface area contributed by atoms with Crippen LogP contribution in [0.3, 0.4) is 0 Å². The molecule has 3 N–H and O–H groups in total. The van der Waals surface area contributed by atoms with Gasteiger partial charge in [0, 0.05) is 32.0 Å². The Kier molecular flexibility index (Phi) is 7.70. The van der Waals surface area contributed by atoms with Crippen LogP contribution >= 0.6 is 0 Å². The summed E-state index contributed by atoms with van der Waals surface area (Å²) in [7, 11) is 0. The molecule has 1 aromatic heterocycles. The van der Waals surface area contributed by atoms with Crippen LogP contribution in [-0.4, -0.2) is 28.8 Å². The fraction of sp³-hybridized carbons (Fsp3) is 0.714. The van der Waals surface area contributed by atoms with E-state index < -0.39 is 0 Å². The first-order valence-corrected chi connectivity index (χ1v) is 7.23. The van der Waals surface area contributed by atoms with Crippen molar-refractivity contribution in [2.24, 2.45) is 16.6 Å². The molecule has 0 aliphatic rings. The van der Waals surface area contributed by atoms with E-state index in [2.05, 4.69) is 29.3 Å². The van der Waals surface area contributed by atoms with Gasteiger partial charge in [0.1, 0.15) is 0 Å². The molecular formula is C14H27N5. The van der Waals surface area contributed by atoms with Gasteiger partial charge in [-0.25, -0.2) is 0 Å². The zero-order valence-corrected chi connectivity index (χ0v) is 12.2. The van der Waals surface area contributed by atoms with Crippen molar-refractivity contribution in [1.82, 2.24) is 15.1 Å². The van der Waals surface area contributed by atoms with Crippen molar-refractivity contribution >= 4 is 5.96 Å². The number of aromatic nitrogens is 2. The van der Waals surface area contributed by atoms with Crippen molar-refractivity contribution in [2.45, 2.75) is 46.1 Å². The van der Waals surface area contributed by atoms with Crippen LogP contribution in [0.2, 0.25) is 0 Å².